The van der Waals surface area contributed by atoms with Crippen LogP contribution in [0.2, 0.25) is 18.6 Å². The van der Waals surface area contributed by atoms with E-state index in [0.29, 0.717) is 37.2 Å². The van der Waals surface area contributed by atoms with Crippen molar-refractivity contribution < 1.29 is 33.3 Å². The van der Waals surface area contributed by atoms with Crippen molar-refractivity contribution in [2.45, 2.75) is 75.5 Å². The van der Waals surface area contributed by atoms with Crippen molar-refractivity contribution in [2.75, 3.05) is 29.5 Å². The van der Waals surface area contributed by atoms with E-state index in [1.54, 1.807) is 16.7 Å². The Morgan fingerprint density at radius 3 is 2.50 bits per heavy atom. The molecule has 2 aromatic rings. The van der Waals surface area contributed by atoms with Crippen LogP contribution in [-0.2, 0) is 31.3 Å². The number of likely N-dealkylation sites (tertiary alicyclic amines) is 1. The van der Waals surface area contributed by atoms with Crippen LogP contribution in [-0.4, -0.2) is 72.9 Å². The predicted octanol–water partition coefficient (Wildman–Crippen LogP) is 4.03. The first kappa shape index (κ1) is 30.3. The molecule has 2 aromatic carbocycles. The van der Waals surface area contributed by atoms with Gasteiger partial charge in [0.25, 0.3) is 11.6 Å². The average Bonchev–Trinajstić information content (AvgIpc) is 3.63. The molecule has 5 atom stereocenters. The average molecular weight is 625 g/mol. The number of anilines is 2. The number of nitro benzene ring substituents is 1. The summed E-state index contributed by atoms with van der Waals surface area (Å²) in [6.07, 6.45) is 0.880. The van der Waals surface area contributed by atoms with Gasteiger partial charge in [0.1, 0.15) is 0 Å². The number of rotatable bonds is 8. The zero-order valence-electron chi connectivity index (χ0n) is 25.1. The number of carbonyl (C=O) groups excluding carboxylic acids is 3. The largest absolute Gasteiger partial charge is 0.394 e. The highest BCUT2D eigenvalue weighted by molar-refractivity contribution is 6.72. The quantitative estimate of drug-likeness (QED) is 0.154. The lowest BCUT2D eigenvalue weighted by molar-refractivity contribution is -0.385. The molecule has 4 aliphatic heterocycles. The number of carbonyl (C=O) groups is 3. The SMILES string of the molecule is C[C@H]1[C@H]([Si](C)(C)F)[C@@H](CC(=O)N2CCC[C@H]2CO)O[C@]12C(=O)N(Cc1ccc(N3CCC3=O)cc1)c1ccc([N+](=O)[O-])cc12. The number of β-lactam (4-membered cyclic amide) rings is 1. The summed E-state index contributed by atoms with van der Waals surface area (Å²) < 4.78 is 22.8. The van der Waals surface area contributed by atoms with Gasteiger partial charge in [-0.1, -0.05) is 19.1 Å². The van der Waals surface area contributed by atoms with E-state index in [-0.39, 0.29) is 43.1 Å². The molecule has 0 bridgehead atoms. The molecular weight excluding hydrogens is 587 g/mol. The van der Waals surface area contributed by atoms with Crippen LogP contribution in [0.1, 0.15) is 43.7 Å². The number of halogens is 1. The van der Waals surface area contributed by atoms with Crippen LogP contribution in [0.15, 0.2) is 42.5 Å². The lowest BCUT2D eigenvalue weighted by Crippen LogP contribution is -2.45. The summed E-state index contributed by atoms with van der Waals surface area (Å²) in [5.74, 6) is -1.37. The molecule has 11 nitrogen and oxygen atoms in total. The topological polar surface area (TPSA) is 134 Å². The number of aliphatic hydroxyl groups excluding tert-OH is 1. The van der Waals surface area contributed by atoms with Crippen LogP contribution >= 0.6 is 0 Å². The molecule has 3 saturated heterocycles. The number of ether oxygens (including phenoxy) is 1. The van der Waals surface area contributed by atoms with Crippen LogP contribution < -0.4 is 9.80 Å². The van der Waals surface area contributed by atoms with Crippen molar-refractivity contribution in [3.63, 3.8) is 0 Å². The molecule has 13 heteroatoms. The fourth-order valence-corrected chi connectivity index (χ4v) is 10.2. The number of amides is 3. The van der Waals surface area contributed by atoms with E-state index in [4.69, 9.17) is 4.74 Å². The van der Waals surface area contributed by atoms with E-state index in [9.17, 15) is 29.6 Å². The third-order valence-electron chi connectivity index (χ3n) is 9.88. The molecule has 3 fully saturated rings. The van der Waals surface area contributed by atoms with E-state index >= 15 is 4.11 Å². The second kappa shape index (κ2) is 11.0. The molecule has 1 spiro atoms. The van der Waals surface area contributed by atoms with Crippen LogP contribution in [0.3, 0.4) is 0 Å². The van der Waals surface area contributed by atoms with E-state index in [2.05, 4.69) is 0 Å². The summed E-state index contributed by atoms with van der Waals surface area (Å²) in [5, 5.41) is 21.6. The smallest absolute Gasteiger partial charge is 0.269 e. The first-order chi connectivity index (χ1) is 20.9. The molecular formula is C31H37FN4O7Si. The first-order valence-corrected chi connectivity index (χ1v) is 18.1. The molecule has 44 heavy (non-hydrogen) atoms. The highest BCUT2D eigenvalue weighted by atomic mass is 28.4. The molecule has 1 N–H and O–H groups in total. The van der Waals surface area contributed by atoms with Gasteiger partial charge in [-0.3, -0.25) is 24.5 Å². The summed E-state index contributed by atoms with van der Waals surface area (Å²) in [4.78, 5) is 56.0. The molecule has 6 rings (SSSR count). The Balaban J connectivity index is 1.37. The monoisotopic (exact) mass is 624 g/mol. The lowest BCUT2D eigenvalue weighted by atomic mass is 9.82. The number of hydrogen-bond donors (Lipinski definition) is 1. The maximum atomic E-state index is 16.2. The Morgan fingerprint density at radius 1 is 1.18 bits per heavy atom. The van der Waals surface area contributed by atoms with Gasteiger partial charge >= 0.3 is 0 Å². The number of nitro groups is 1. The molecule has 4 aliphatic rings. The minimum Gasteiger partial charge on any atom is -0.394 e. The number of hydrogen-bond acceptors (Lipinski definition) is 7. The highest BCUT2D eigenvalue weighted by Crippen LogP contribution is 2.60. The highest BCUT2D eigenvalue weighted by Gasteiger charge is 2.67. The molecule has 3 amide bonds. The van der Waals surface area contributed by atoms with Crippen molar-refractivity contribution in [2.24, 2.45) is 5.92 Å². The van der Waals surface area contributed by atoms with Crippen molar-refractivity contribution in [3.8, 4) is 0 Å². The van der Waals surface area contributed by atoms with Gasteiger partial charge in [-0.15, -0.1) is 0 Å². The number of fused-ring (bicyclic) bond motifs is 2. The number of benzene rings is 2. The Kier molecular flexibility index (Phi) is 7.61. The second-order valence-corrected chi connectivity index (χ2v) is 16.6. The van der Waals surface area contributed by atoms with Crippen molar-refractivity contribution >= 4 is 43.2 Å². The van der Waals surface area contributed by atoms with Crippen molar-refractivity contribution in [1.29, 1.82) is 0 Å². The van der Waals surface area contributed by atoms with Gasteiger partial charge < -0.3 is 28.7 Å². The van der Waals surface area contributed by atoms with E-state index < -0.39 is 42.4 Å². The fourth-order valence-electron chi connectivity index (χ4n) is 7.70. The molecule has 0 aliphatic carbocycles. The molecule has 234 valence electrons. The minimum atomic E-state index is -3.56. The Hall–Kier alpha value is -3.68. The summed E-state index contributed by atoms with van der Waals surface area (Å²) in [6.45, 7) is 5.94. The standard InChI is InChI=1S/C31H37FN4O7Si/c1-19-29(44(2,3)32)26(16-28(39)33-13-4-5-23(33)18-37)43-31(19)24-15-22(36(41)42)10-11-25(24)35(30(31)40)17-20-6-8-21(9-7-20)34-14-12-27(34)38/h6-11,15,19,23,26,29,37H,4-5,12-14,16-18H2,1-3H3/t19-,23-,26+,29-,31+/m0/s1. The first-order valence-electron chi connectivity index (χ1n) is 15.1. The molecule has 4 heterocycles. The molecule has 0 radical (unpaired) electrons. The maximum absolute atomic E-state index is 16.2. The van der Waals surface area contributed by atoms with Crippen LogP contribution in [0.5, 0.6) is 0 Å². The van der Waals surface area contributed by atoms with E-state index in [1.165, 1.54) is 36.2 Å². The summed E-state index contributed by atoms with van der Waals surface area (Å²) in [7, 11) is -3.56. The second-order valence-electron chi connectivity index (χ2n) is 12.9. The summed E-state index contributed by atoms with van der Waals surface area (Å²) in [5.41, 5.74) is -0.380. The number of aliphatic hydroxyl groups is 1. The predicted molar refractivity (Wildman–Crippen MR) is 162 cm³/mol. The molecule has 0 saturated carbocycles. The van der Waals surface area contributed by atoms with Crippen LogP contribution in [0, 0.1) is 16.0 Å². The molecule has 0 aromatic heterocycles. The van der Waals surface area contributed by atoms with Crippen LogP contribution in [0.4, 0.5) is 21.2 Å². The Morgan fingerprint density at radius 2 is 1.91 bits per heavy atom. The third-order valence-corrected chi connectivity index (χ3v) is 12.3. The summed E-state index contributed by atoms with van der Waals surface area (Å²) in [6, 6.07) is 11.2. The number of non-ortho nitro benzene ring substituents is 1. The zero-order valence-corrected chi connectivity index (χ0v) is 26.1. The maximum Gasteiger partial charge on any atom is 0.269 e. The van der Waals surface area contributed by atoms with Gasteiger partial charge in [-0.25, -0.2) is 0 Å². The fraction of sp³-hybridized carbons (Fsp3) is 0.516. The van der Waals surface area contributed by atoms with E-state index in [1.807, 2.05) is 24.3 Å². The normalized spacial score (nSPS) is 28.2. The van der Waals surface area contributed by atoms with Gasteiger partial charge in [-0.2, -0.15) is 0 Å². The molecule has 0 unspecified atom stereocenters. The van der Waals surface area contributed by atoms with Crippen LogP contribution in [0.25, 0.3) is 0 Å². The Bertz CT molecular complexity index is 1520. The minimum absolute atomic E-state index is 0.0517. The third kappa shape index (κ3) is 4.81. The zero-order chi connectivity index (χ0) is 31.6. The summed E-state index contributed by atoms with van der Waals surface area (Å²) >= 11 is 0. The number of nitrogens with zero attached hydrogens (tertiary/aromatic N) is 4. The van der Waals surface area contributed by atoms with Gasteiger partial charge in [0.15, 0.2) is 5.60 Å². The lowest BCUT2D eigenvalue weighted by Gasteiger charge is -2.31. The van der Waals surface area contributed by atoms with Gasteiger partial charge in [0.05, 0.1) is 42.3 Å². The van der Waals surface area contributed by atoms with Crippen molar-refractivity contribution in [3.05, 3.63) is 63.7 Å². The van der Waals surface area contributed by atoms with Gasteiger partial charge in [0.2, 0.25) is 20.2 Å². The van der Waals surface area contributed by atoms with E-state index in [0.717, 1.165) is 17.7 Å². The van der Waals surface area contributed by atoms with Gasteiger partial charge in [0, 0.05) is 54.4 Å². The van der Waals surface area contributed by atoms with Crippen molar-refractivity contribution in [1.82, 2.24) is 4.90 Å². The van der Waals surface area contributed by atoms with Gasteiger partial charge in [-0.05, 0) is 49.7 Å². The Labute approximate surface area is 255 Å².